The number of benzene rings is 4. The van der Waals surface area contributed by atoms with Crippen molar-refractivity contribution in [3.63, 3.8) is 0 Å². The van der Waals surface area contributed by atoms with Gasteiger partial charge in [-0.15, -0.1) is 0 Å². The van der Waals surface area contributed by atoms with E-state index in [9.17, 15) is 39.2 Å². The summed E-state index contributed by atoms with van der Waals surface area (Å²) in [5.74, 6) is -4.47. The monoisotopic (exact) mass is 1020 g/mol. The van der Waals surface area contributed by atoms with Crippen LogP contribution in [0, 0.1) is 30.2 Å². The molecule has 0 bridgehead atoms. The van der Waals surface area contributed by atoms with Crippen molar-refractivity contribution < 1.29 is 58.2 Å². The zero-order chi connectivity index (χ0) is 49.1. The van der Waals surface area contributed by atoms with Crippen LogP contribution >= 0.6 is 11.6 Å². The number of nitrogens with one attached hydrogen (secondary N) is 3. The summed E-state index contributed by atoms with van der Waals surface area (Å²) >= 11 is 6.24. The Hall–Kier alpha value is -6.05. The number of hydrogen-bond donors (Lipinski definition) is 3. The van der Waals surface area contributed by atoms with E-state index in [2.05, 4.69) is 25.5 Å². The number of carbonyl (C=O) groups excluding carboxylic acids is 1. The Balaban J connectivity index is 0.777. The summed E-state index contributed by atoms with van der Waals surface area (Å²) < 4.78 is 129. The lowest BCUT2D eigenvalue weighted by Gasteiger charge is -2.34. The first-order valence-corrected chi connectivity index (χ1v) is 24.7. The van der Waals surface area contributed by atoms with Crippen LogP contribution in [0.15, 0.2) is 96.2 Å². The van der Waals surface area contributed by atoms with Crippen molar-refractivity contribution in [2.45, 2.75) is 11.8 Å². The third-order valence-corrected chi connectivity index (χ3v) is 14.0. The molecule has 1 fully saturated rings. The van der Waals surface area contributed by atoms with Gasteiger partial charge in [0.2, 0.25) is 10.0 Å². The van der Waals surface area contributed by atoms with Gasteiger partial charge < -0.3 is 24.4 Å². The van der Waals surface area contributed by atoms with Crippen LogP contribution < -0.4 is 20.4 Å². The first-order chi connectivity index (χ1) is 33.1. The first kappa shape index (κ1) is 50.8. The number of hydrogen-bond acceptors (Lipinski definition) is 14. The highest BCUT2D eigenvalue weighted by molar-refractivity contribution is 7.92. The largest absolute Gasteiger partial charge is 0.378 e. The number of amides is 1. The summed E-state index contributed by atoms with van der Waals surface area (Å²) in [5.41, 5.74) is 4.05. The van der Waals surface area contributed by atoms with E-state index in [1.54, 1.807) is 37.4 Å². The molecule has 0 radical (unpaired) electrons. The predicted molar refractivity (Wildman–Crippen MR) is 249 cm³/mol. The lowest BCUT2D eigenvalue weighted by molar-refractivity contribution is -0.0193. The fourth-order valence-electron chi connectivity index (χ4n) is 6.85. The van der Waals surface area contributed by atoms with Crippen LogP contribution in [0.1, 0.15) is 15.9 Å². The number of hydroxylamine groups is 1. The molecule has 1 aliphatic heterocycles. The van der Waals surface area contributed by atoms with E-state index in [1.807, 2.05) is 4.90 Å². The number of anilines is 4. The predicted octanol–water partition coefficient (Wildman–Crippen LogP) is 6.62. The number of rotatable bonds is 22. The summed E-state index contributed by atoms with van der Waals surface area (Å²) in [6, 6.07) is 17.1. The van der Waals surface area contributed by atoms with E-state index in [1.165, 1.54) is 28.7 Å². The quantitative estimate of drug-likeness (QED) is 0.0283. The van der Waals surface area contributed by atoms with Gasteiger partial charge in [-0.1, -0.05) is 23.7 Å². The molecule has 4 aromatic carbocycles. The van der Waals surface area contributed by atoms with Gasteiger partial charge in [-0.3, -0.25) is 19.3 Å². The highest BCUT2D eigenvalue weighted by Crippen LogP contribution is 2.31. The summed E-state index contributed by atoms with van der Waals surface area (Å²) in [4.78, 5) is 33.0. The zero-order valence-corrected chi connectivity index (χ0v) is 39.2. The van der Waals surface area contributed by atoms with Crippen LogP contribution in [0.3, 0.4) is 0 Å². The minimum absolute atomic E-state index is 0.0241. The molecule has 0 spiro atoms. The number of nitrogens with zero attached hydrogens (tertiary/aromatic N) is 5. The molecule has 0 atom stereocenters. The van der Waals surface area contributed by atoms with Gasteiger partial charge in [-0.2, -0.15) is 4.31 Å². The van der Waals surface area contributed by atoms with E-state index >= 15 is 0 Å². The average molecular weight is 1020 g/mol. The van der Waals surface area contributed by atoms with E-state index in [0.29, 0.717) is 46.6 Å². The second kappa shape index (κ2) is 23.0. The molecule has 366 valence electrons. The summed E-state index contributed by atoms with van der Waals surface area (Å²) in [6.07, 6.45) is 3.11. The lowest BCUT2D eigenvalue weighted by Crippen LogP contribution is -2.49. The Bertz CT molecular complexity index is 3010. The van der Waals surface area contributed by atoms with Crippen molar-refractivity contribution in [1.82, 2.24) is 24.7 Å². The number of halogens is 5. The van der Waals surface area contributed by atoms with Gasteiger partial charge in [-0.05, 0) is 84.8 Å². The molecule has 0 aliphatic carbocycles. The second-order valence-corrected chi connectivity index (χ2v) is 19.4. The van der Waals surface area contributed by atoms with Crippen molar-refractivity contribution in [3.8, 4) is 11.1 Å². The maximum atomic E-state index is 14.6. The summed E-state index contributed by atoms with van der Waals surface area (Å²) in [5, 5.41) is 2.36. The van der Waals surface area contributed by atoms with Gasteiger partial charge in [0.1, 0.15) is 17.5 Å². The molecule has 24 heteroatoms. The number of aryl methyl sites for hydroxylation is 1. The molecule has 2 aromatic heterocycles. The van der Waals surface area contributed by atoms with Crippen LogP contribution in [0.4, 0.5) is 40.4 Å². The number of ether oxygens (including phenoxy) is 3. The van der Waals surface area contributed by atoms with Gasteiger partial charge in [0.05, 0.1) is 96.8 Å². The maximum Gasteiger partial charge on any atom is 0.277 e. The second-order valence-electron chi connectivity index (χ2n) is 15.3. The Labute approximate surface area is 399 Å². The third kappa shape index (κ3) is 13.4. The number of sulfonamides is 2. The number of carbonyl (C=O) groups is 1. The molecular formula is C45H45ClF4N8O9S2. The normalized spacial score (nSPS) is 13.4. The SMILES string of the molecule is Cc1ccc(Nc2c(C(=O)NOCCOCCOCCOCCS(=O)(=O)N3CCN(c4cnc5ccc(-c6cnc(Cl)c(NS(=O)(=O)c7ccc(F)cc7)c6)cc5n4)CC3)ccc(F)c2F)c(F)c1. The van der Waals surface area contributed by atoms with Crippen molar-refractivity contribution >= 4 is 71.5 Å². The Morgan fingerprint density at radius 3 is 2.12 bits per heavy atom. The van der Waals surface area contributed by atoms with E-state index in [-0.39, 0.29) is 92.1 Å². The van der Waals surface area contributed by atoms with Gasteiger partial charge in [-0.25, -0.2) is 49.8 Å². The molecule has 1 aliphatic rings. The number of fused-ring (bicyclic) bond motifs is 1. The van der Waals surface area contributed by atoms with E-state index in [0.717, 1.165) is 36.4 Å². The smallest absolute Gasteiger partial charge is 0.277 e. The summed E-state index contributed by atoms with van der Waals surface area (Å²) in [7, 11) is -7.72. The lowest BCUT2D eigenvalue weighted by atomic mass is 10.1. The molecule has 17 nitrogen and oxygen atoms in total. The Kier molecular flexibility index (Phi) is 17.0. The Morgan fingerprint density at radius 1 is 0.710 bits per heavy atom. The fourth-order valence-corrected chi connectivity index (χ4v) is 9.42. The van der Waals surface area contributed by atoms with E-state index < -0.39 is 54.9 Å². The maximum absolute atomic E-state index is 14.6. The topological polar surface area (TPSA) is 204 Å². The van der Waals surface area contributed by atoms with Gasteiger partial charge in [0.15, 0.2) is 16.8 Å². The van der Waals surface area contributed by atoms with Gasteiger partial charge in [0.25, 0.3) is 15.9 Å². The molecular weight excluding hydrogens is 972 g/mol. The van der Waals surface area contributed by atoms with Gasteiger partial charge >= 0.3 is 0 Å². The molecule has 6 aromatic rings. The van der Waals surface area contributed by atoms with Crippen molar-refractivity contribution in [2.24, 2.45) is 0 Å². The first-order valence-electron chi connectivity index (χ1n) is 21.2. The highest BCUT2D eigenvalue weighted by atomic mass is 35.5. The average Bonchev–Trinajstić information content (AvgIpc) is 3.33. The molecule has 1 saturated heterocycles. The molecule has 3 heterocycles. The highest BCUT2D eigenvalue weighted by Gasteiger charge is 2.28. The van der Waals surface area contributed by atoms with Crippen LogP contribution in [-0.2, 0) is 39.1 Å². The van der Waals surface area contributed by atoms with E-state index in [4.69, 9.17) is 35.6 Å². The Morgan fingerprint density at radius 2 is 1.41 bits per heavy atom. The van der Waals surface area contributed by atoms with Crippen LogP contribution in [0.25, 0.3) is 22.2 Å². The molecule has 69 heavy (non-hydrogen) atoms. The van der Waals surface area contributed by atoms with Crippen molar-refractivity contribution in [2.75, 3.05) is 93.1 Å². The molecule has 0 saturated carbocycles. The zero-order valence-electron chi connectivity index (χ0n) is 36.8. The third-order valence-electron chi connectivity index (χ3n) is 10.5. The van der Waals surface area contributed by atoms with Crippen LogP contribution in [-0.4, -0.2) is 120 Å². The van der Waals surface area contributed by atoms with Gasteiger partial charge in [0, 0.05) is 37.9 Å². The molecule has 1 amide bonds. The number of aromatic nitrogens is 3. The standard InChI is InChI=1S/C45H45ClF4N8O9S2/c1-29-2-10-37(36(49)24-29)54-43-34(8-9-35(48)42(43)50)45(59)55-67-21-20-65-17-16-64-18-19-66-22-23-68(60,61)58-14-12-57(13-15-58)41-28-51-38-11-3-30(25-39(38)53-41)31-26-40(44(46)52-27-31)56-69(62,63)33-6-4-32(47)5-7-33/h2-11,24-28,54,56H,12-23H2,1H3,(H,55,59). The molecule has 7 rings (SSSR count). The summed E-state index contributed by atoms with van der Waals surface area (Å²) in [6.45, 7) is 3.42. The minimum Gasteiger partial charge on any atom is -0.378 e. The molecule has 3 N–H and O–H groups in total. The number of pyridine rings is 1. The van der Waals surface area contributed by atoms with Crippen LogP contribution in [0.2, 0.25) is 5.15 Å². The fraction of sp³-hybridized carbons (Fsp3) is 0.289. The van der Waals surface area contributed by atoms with Crippen molar-refractivity contribution in [3.05, 3.63) is 131 Å². The van der Waals surface area contributed by atoms with Crippen molar-refractivity contribution in [1.29, 1.82) is 0 Å². The minimum atomic E-state index is -4.10. The molecule has 0 unspecified atom stereocenters. The number of piperazine rings is 1. The van der Waals surface area contributed by atoms with Crippen LogP contribution in [0.5, 0.6) is 0 Å².